The van der Waals surface area contributed by atoms with E-state index in [1.54, 1.807) is 7.11 Å². The van der Waals surface area contributed by atoms with E-state index >= 15 is 0 Å². The minimum Gasteiger partial charge on any atom is -0.497 e. The number of carbonyl (C=O) groups excluding carboxylic acids is 1. The zero-order valence-electron chi connectivity index (χ0n) is 11.5. The summed E-state index contributed by atoms with van der Waals surface area (Å²) >= 11 is 0. The van der Waals surface area contributed by atoms with Gasteiger partial charge in [-0.15, -0.1) is 0 Å². The Labute approximate surface area is 114 Å². The Bertz CT molecular complexity index is 428. The zero-order valence-corrected chi connectivity index (χ0v) is 11.5. The topological polar surface area (TPSA) is 46.5 Å². The fourth-order valence-corrected chi connectivity index (χ4v) is 2.76. The SMILES string of the molecule is COc1cccc(C(O)C2CCCCCCC2=O)c1. The van der Waals surface area contributed by atoms with Crippen molar-refractivity contribution in [2.24, 2.45) is 5.92 Å². The molecule has 104 valence electrons. The number of rotatable bonds is 3. The molecular formula is C16H22O3. The fraction of sp³-hybridized carbons (Fsp3) is 0.562. The van der Waals surface area contributed by atoms with Gasteiger partial charge in [0.1, 0.15) is 11.5 Å². The average molecular weight is 262 g/mol. The summed E-state index contributed by atoms with van der Waals surface area (Å²) in [7, 11) is 1.60. The van der Waals surface area contributed by atoms with Crippen molar-refractivity contribution in [1.82, 2.24) is 0 Å². The molecule has 0 amide bonds. The lowest BCUT2D eigenvalue weighted by atomic mass is 9.83. The predicted molar refractivity (Wildman–Crippen MR) is 74.2 cm³/mol. The van der Waals surface area contributed by atoms with Crippen LogP contribution in [0.25, 0.3) is 0 Å². The van der Waals surface area contributed by atoms with E-state index in [1.165, 1.54) is 0 Å². The summed E-state index contributed by atoms with van der Waals surface area (Å²) in [4.78, 5) is 12.1. The van der Waals surface area contributed by atoms with Gasteiger partial charge in [-0.05, 0) is 30.5 Å². The molecule has 3 heteroatoms. The van der Waals surface area contributed by atoms with Crippen molar-refractivity contribution in [1.29, 1.82) is 0 Å². The van der Waals surface area contributed by atoms with E-state index in [0.29, 0.717) is 6.42 Å². The molecule has 0 aromatic heterocycles. The number of ether oxygens (including phenoxy) is 1. The third-order valence-electron chi connectivity index (χ3n) is 3.92. The number of ketones is 1. The molecule has 19 heavy (non-hydrogen) atoms. The molecular weight excluding hydrogens is 240 g/mol. The van der Waals surface area contributed by atoms with Crippen LogP contribution in [0.5, 0.6) is 5.75 Å². The first-order valence-electron chi connectivity index (χ1n) is 7.07. The first-order valence-corrected chi connectivity index (χ1v) is 7.07. The van der Waals surface area contributed by atoms with Crippen molar-refractivity contribution >= 4 is 5.78 Å². The van der Waals surface area contributed by atoms with E-state index in [9.17, 15) is 9.90 Å². The van der Waals surface area contributed by atoms with E-state index in [-0.39, 0.29) is 11.7 Å². The molecule has 2 rings (SSSR count). The van der Waals surface area contributed by atoms with Crippen molar-refractivity contribution in [2.45, 2.75) is 44.6 Å². The molecule has 1 aromatic rings. The normalized spacial score (nSPS) is 22.4. The van der Waals surface area contributed by atoms with Crippen LogP contribution < -0.4 is 4.74 Å². The number of aliphatic hydroxyl groups excluding tert-OH is 1. The second-order valence-electron chi connectivity index (χ2n) is 5.25. The van der Waals surface area contributed by atoms with E-state index in [2.05, 4.69) is 0 Å². The molecule has 0 saturated heterocycles. The maximum absolute atomic E-state index is 12.1. The molecule has 3 nitrogen and oxygen atoms in total. The van der Waals surface area contributed by atoms with Gasteiger partial charge in [0.15, 0.2) is 0 Å². The van der Waals surface area contributed by atoms with Crippen molar-refractivity contribution < 1.29 is 14.6 Å². The van der Waals surface area contributed by atoms with Gasteiger partial charge in [-0.25, -0.2) is 0 Å². The molecule has 1 aliphatic carbocycles. The van der Waals surface area contributed by atoms with Crippen LogP contribution in [0.4, 0.5) is 0 Å². The van der Waals surface area contributed by atoms with Gasteiger partial charge >= 0.3 is 0 Å². The van der Waals surface area contributed by atoms with Gasteiger partial charge in [-0.1, -0.05) is 31.4 Å². The van der Waals surface area contributed by atoms with E-state index in [1.807, 2.05) is 24.3 Å². The lowest BCUT2D eigenvalue weighted by molar-refractivity contribution is -0.127. The monoisotopic (exact) mass is 262 g/mol. The number of carbonyl (C=O) groups is 1. The van der Waals surface area contributed by atoms with Gasteiger partial charge in [-0.3, -0.25) is 4.79 Å². The van der Waals surface area contributed by atoms with Crippen molar-refractivity contribution in [3.8, 4) is 5.75 Å². The van der Waals surface area contributed by atoms with Crippen molar-refractivity contribution in [3.05, 3.63) is 29.8 Å². The number of aliphatic hydroxyl groups is 1. The summed E-state index contributed by atoms with van der Waals surface area (Å²) < 4.78 is 5.17. The molecule has 2 atom stereocenters. The molecule has 0 aliphatic heterocycles. The summed E-state index contributed by atoms with van der Waals surface area (Å²) in [6.45, 7) is 0. The molecule has 2 unspecified atom stereocenters. The highest BCUT2D eigenvalue weighted by Gasteiger charge is 2.28. The molecule has 1 aliphatic rings. The fourth-order valence-electron chi connectivity index (χ4n) is 2.76. The lowest BCUT2D eigenvalue weighted by Crippen LogP contribution is -2.23. The maximum Gasteiger partial charge on any atom is 0.138 e. The number of hydrogen-bond acceptors (Lipinski definition) is 3. The number of benzene rings is 1. The van der Waals surface area contributed by atoms with E-state index in [4.69, 9.17) is 4.74 Å². The summed E-state index contributed by atoms with van der Waals surface area (Å²) in [5.41, 5.74) is 0.776. The first-order chi connectivity index (χ1) is 9.22. The number of methoxy groups -OCH3 is 1. The van der Waals surface area contributed by atoms with Crippen LogP contribution in [-0.4, -0.2) is 18.0 Å². The van der Waals surface area contributed by atoms with Crippen LogP contribution in [0.1, 0.15) is 50.2 Å². The highest BCUT2D eigenvalue weighted by Crippen LogP contribution is 2.32. The minimum atomic E-state index is -0.708. The zero-order chi connectivity index (χ0) is 13.7. The maximum atomic E-state index is 12.1. The molecule has 0 heterocycles. The third-order valence-corrected chi connectivity index (χ3v) is 3.92. The second kappa shape index (κ2) is 6.71. The summed E-state index contributed by atoms with van der Waals surface area (Å²) in [5.74, 6) is 0.664. The van der Waals surface area contributed by atoms with Crippen LogP contribution in [0.15, 0.2) is 24.3 Å². The van der Waals surface area contributed by atoms with E-state index < -0.39 is 6.10 Å². The molecule has 0 bridgehead atoms. The lowest BCUT2D eigenvalue weighted by Gasteiger charge is -2.24. The second-order valence-corrected chi connectivity index (χ2v) is 5.25. The van der Waals surface area contributed by atoms with Crippen LogP contribution in [0, 0.1) is 5.92 Å². The smallest absolute Gasteiger partial charge is 0.138 e. The Balaban J connectivity index is 2.15. The quantitative estimate of drug-likeness (QED) is 0.909. The first kappa shape index (κ1) is 14.1. The molecule has 1 N–H and O–H groups in total. The van der Waals surface area contributed by atoms with Crippen LogP contribution in [0.2, 0.25) is 0 Å². The highest BCUT2D eigenvalue weighted by molar-refractivity contribution is 5.81. The molecule has 1 aromatic carbocycles. The van der Waals surface area contributed by atoms with Gasteiger partial charge in [0, 0.05) is 12.3 Å². The highest BCUT2D eigenvalue weighted by atomic mass is 16.5. The Morgan fingerprint density at radius 2 is 2.05 bits per heavy atom. The number of Topliss-reactive ketones (excluding diaryl/α,β-unsaturated/α-hetero) is 1. The predicted octanol–water partition coefficient (Wildman–Crippen LogP) is 3.27. The Morgan fingerprint density at radius 3 is 2.84 bits per heavy atom. The summed E-state index contributed by atoms with van der Waals surface area (Å²) in [5, 5.41) is 10.5. The Morgan fingerprint density at radius 1 is 1.26 bits per heavy atom. The third kappa shape index (κ3) is 3.57. The van der Waals surface area contributed by atoms with Crippen LogP contribution in [-0.2, 0) is 4.79 Å². The van der Waals surface area contributed by atoms with Crippen molar-refractivity contribution in [3.63, 3.8) is 0 Å². The molecule has 1 fully saturated rings. The van der Waals surface area contributed by atoms with Crippen molar-refractivity contribution in [2.75, 3.05) is 7.11 Å². The van der Waals surface area contributed by atoms with Gasteiger partial charge in [0.05, 0.1) is 13.2 Å². The Hall–Kier alpha value is -1.35. The minimum absolute atomic E-state index is 0.204. The van der Waals surface area contributed by atoms with Gasteiger partial charge in [-0.2, -0.15) is 0 Å². The summed E-state index contributed by atoms with van der Waals surface area (Å²) in [6, 6.07) is 7.37. The Kier molecular flexibility index (Phi) is 4.97. The molecule has 0 radical (unpaired) electrons. The van der Waals surface area contributed by atoms with Gasteiger partial charge in [0.25, 0.3) is 0 Å². The summed E-state index contributed by atoms with van der Waals surface area (Å²) in [6.07, 6.45) is 4.96. The van der Waals surface area contributed by atoms with Crippen LogP contribution in [0.3, 0.4) is 0 Å². The van der Waals surface area contributed by atoms with Gasteiger partial charge < -0.3 is 9.84 Å². The van der Waals surface area contributed by atoms with Crippen LogP contribution >= 0.6 is 0 Å². The average Bonchev–Trinajstić information content (AvgIpc) is 2.43. The van der Waals surface area contributed by atoms with E-state index in [0.717, 1.165) is 43.4 Å². The number of hydrogen-bond donors (Lipinski definition) is 1. The largest absolute Gasteiger partial charge is 0.497 e. The van der Waals surface area contributed by atoms with Gasteiger partial charge in [0.2, 0.25) is 0 Å². The molecule has 1 saturated carbocycles. The standard InChI is InChI=1S/C16H22O3/c1-19-13-8-6-7-12(11-13)16(18)14-9-4-2-3-5-10-15(14)17/h6-8,11,14,16,18H,2-5,9-10H2,1H3. The molecule has 0 spiro atoms.